The summed E-state index contributed by atoms with van der Waals surface area (Å²) in [5.41, 5.74) is 7.93. The van der Waals surface area contributed by atoms with Crippen LogP contribution in [0.15, 0.2) is 47.3 Å². The second-order valence-corrected chi connectivity index (χ2v) is 5.34. The number of ether oxygens (including phenoxy) is 1. The normalized spacial score (nSPS) is 10.9. The first-order chi connectivity index (χ1) is 11.0. The van der Waals surface area contributed by atoms with Crippen molar-refractivity contribution in [2.75, 3.05) is 12.8 Å². The number of nitrogens with zero attached hydrogens (tertiary/aromatic N) is 2. The summed E-state index contributed by atoms with van der Waals surface area (Å²) < 4.78 is 7.72. The molecule has 0 fully saturated rings. The number of benzene rings is 2. The number of hydrogen-bond acceptors (Lipinski definition) is 4. The first kappa shape index (κ1) is 14.9. The molecule has 118 valence electrons. The zero-order chi connectivity index (χ0) is 16.6. The topological polar surface area (TPSA) is 79.2 Å². The molecule has 0 spiro atoms. The SMILES string of the molecule is COc1ccc(CC(=O)n2c(=O)n(C)c3ccc(N)cc32)cc1. The number of nitrogens with two attached hydrogens (primary N) is 1. The summed E-state index contributed by atoms with van der Waals surface area (Å²) in [6, 6.07) is 12.3. The summed E-state index contributed by atoms with van der Waals surface area (Å²) in [4.78, 5) is 25.0. The lowest BCUT2D eigenvalue weighted by Gasteiger charge is -2.04. The molecule has 0 aliphatic heterocycles. The van der Waals surface area contributed by atoms with Gasteiger partial charge in [-0.2, -0.15) is 0 Å². The number of carbonyl (C=O) groups excluding carboxylic acids is 1. The van der Waals surface area contributed by atoms with Crippen molar-refractivity contribution in [3.8, 4) is 5.75 Å². The Balaban J connectivity index is 2.02. The summed E-state index contributed by atoms with van der Waals surface area (Å²) in [5.74, 6) is 0.424. The number of hydrogen-bond donors (Lipinski definition) is 1. The van der Waals surface area contributed by atoms with Crippen LogP contribution in [0.2, 0.25) is 0 Å². The number of fused-ring (bicyclic) bond motifs is 1. The van der Waals surface area contributed by atoms with Crippen LogP contribution in [0.5, 0.6) is 5.75 Å². The Bertz CT molecular complexity index is 936. The van der Waals surface area contributed by atoms with E-state index >= 15 is 0 Å². The minimum Gasteiger partial charge on any atom is -0.497 e. The van der Waals surface area contributed by atoms with E-state index in [4.69, 9.17) is 10.5 Å². The number of methoxy groups -OCH3 is 1. The van der Waals surface area contributed by atoms with Gasteiger partial charge in [-0.05, 0) is 35.9 Å². The van der Waals surface area contributed by atoms with Crippen LogP contribution in [0.4, 0.5) is 5.69 Å². The molecule has 3 aromatic rings. The summed E-state index contributed by atoms with van der Waals surface area (Å²) in [5, 5.41) is 0. The van der Waals surface area contributed by atoms with Gasteiger partial charge < -0.3 is 10.5 Å². The lowest BCUT2D eigenvalue weighted by Crippen LogP contribution is -2.28. The molecule has 0 atom stereocenters. The maximum atomic E-state index is 12.6. The van der Waals surface area contributed by atoms with E-state index in [1.54, 1.807) is 56.6 Å². The first-order valence-corrected chi connectivity index (χ1v) is 7.14. The van der Waals surface area contributed by atoms with Gasteiger partial charge in [0.15, 0.2) is 0 Å². The highest BCUT2D eigenvalue weighted by Crippen LogP contribution is 2.17. The molecule has 0 amide bonds. The highest BCUT2D eigenvalue weighted by molar-refractivity contribution is 5.92. The van der Waals surface area contributed by atoms with Crippen molar-refractivity contribution in [1.29, 1.82) is 0 Å². The van der Waals surface area contributed by atoms with Gasteiger partial charge in [-0.25, -0.2) is 9.36 Å². The van der Waals surface area contributed by atoms with Gasteiger partial charge in [0.05, 0.1) is 24.6 Å². The number of aryl methyl sites for hydroxylation is 1. The molecule has 0 radical (unpaired) electrons. The van der Waals surface area contributed by atoms with Crippen molar-refractivity contribution in [2.45, 2.75) is 6.42 Å². The minimum absolute atomic E-state index is 0.123. The molecule has 23 heavy (non-hydrogen) atoms. The molecule has 0 saturated heterocycles. The zero-order valence-electron chi connectivity index (χ0n) is 12.9. The zero-order valence-corrected chi connectivity index (χ0v) is 12.9. The van der Waals surface area contributed by atoms with Crippen molar-refractivity contribution < 1.29 is 9.53 Å². The van der Waals surface area contributed by atoms with Gasteiger partial charge >= 0.3 is 5.69 Å². The standard InChI is InChI=1S/C17H17N3O3/c1-19-14-8-5-12(18)10-15(14)20(17(19)22)16(21)9-11-3-6-13(23-2)7-4-11/h3-8,10H,9,18H2,1-2H3. The fourth-order valence-electron chi connectivity index (χ4n) is 2.60. The molecule has 2 aromatic carbocycles. The van der Waals surface area contributed by atoms with Gasteiger partial charge in [-0.15, -0.1) is 0 Å². The van der Waals surface area contributed by atoms with Gasteiger partial charge in [0, 0.05) is 12.7 Å². The van der Waals surface area contributed by atoms with Crippen LogP contribution in [0.1, 0.15) is 10.4 Å². The predicted molar refractivity (Wildman–Crippen MR) is 88.9 cm³/mol. The summed E-state index contributed by atoms with van der Waals surface area (Å²) in [6.07, 6.45) is 0.123. The lowest BCUT2D eigenvalue weighted by molar-refractivity contribution is 0.0914. The molecule has 0 unspecified atom stereocenters. The van der Waals surface area contributed by atoms with E-state index < -0.39 is 0 Å². The fraction of sp³-hybridized carbons (Fsp3) is 0.176. The van der Waals surface area contributed by atoms with E-state index in [0.29, 0.717) is 16.7 Å². The number of aromatic nitrogens is 2. The van der Waals surface area contributed by atoms with E-state index in [1.807, 2.05) is 0 Å². The molecule has 6 nitrogen and oxygen atoms in total. The number of nitrogen functional groups attached to an aromatic ring is 1. The summed E-state index contributed by atoms with van der Waals surface area (Å²) in [6.45, 7) is 0. The smallest absolute Gasteiger partial charge is 0.335 e. The molecule has 0 aliphatic carbocycles. The van der Waals surface area contributed by atoms with E-state index in [1.165, 1.54) is 9.13 Å². The Morgan fingerprint density at radius 1 is 1.13 bits per heavy atom. The van der Waals surface area contributed by atoms with Crippen LogP contribution in [0.3, 0.4) is 0 Å². The maximum absolute atomic E-state index is 12.6. The molecule has 0 bridgehead atoms. The number of rotatable bonds is 3. The number of carbonyl (C=O) groups is 1. The number of imidazole rings is 1. The third-order valence-corrected chi connectivity index (χ3v) is 3.84. The average Bonchev–Trinajstić information content (AvgIpc) is 2.79. The van der Waals surface area contributed by atoms with Crippen LogP contribution >= 0.6 is 0 Å². The third-order valence-electron chi connectivity index (χ3n) is 3.84. The third kappa shape index (κ3) is 2.59. The second-order valence-electron chi connectivity index (χ2n) is 5.34. The van der Waals surface area contributed by atoms with Gasteiger partial charge in [-0.3, -0.25) is 9.36 Å². The van der Waals surface area contributed by atoms with Crippen molar-refractivity contribution in [1.82, 2.24) is 9.13 Å². The molecule has 6 heteroatoms. The van der Waals surface area contributed by atoms with Crippen molar-refractivity contribution in [2.24, 2.45) is 7.05 Å². The Hall–Kier alpha value is -3.02. The van der Waals surface area contributed by atoms with Crippen molar-refractivity contribution in [3.05, 3.63) is 58.5 Å². The van der Waals surface area contributed by atoms with E-state index in [-0.39, 0.29) is 18.0 Å². The largest absolute Gasteiger partial charge is 0.497 e. The quantitative estimate of drug-likeness (QED) is 0.748. The van der Waals surface area contributed by atoms with Crippen LogP contribution in [-0.4, -0.2) is 22.2 Å². The Labute approximate surface area is 132 Å². The highest BCUT2D eigenvalue weighted by Gasteiger charge is 2.17. The first-order valence-electron chi connectivity index (χ1n) is 7.14. The molecule has 1 aromatic heterocycles. The van der Waals surface area contributed by atoms with Gasteiger partial charge in [0.2, 0.25) is 5.91 Å². The second kappa shape index (κ2) is 5.64. The summed E-state index contributed by atoms with van der Waals surface area (Å²) in [7, 11) is 3.22. The van der Waals surface area contributed by atoms with Crippen LogP contribution in [0.25, 0.3) is 11.0 Å². The highest BCUT2D eigenvalue weighted by atomic mass is 16.5. The van der Waals surface area contributed by atoms with Crippen molar-refractivity contribution >= 4 is 22.6 Å². The molecule has 2 N–H and O–H groups in total. The Kier molecular flexibility index (Phi) is 3.65. The van der Waals surface area contributed by atoms with E-state index in [0.717, 1.165) is 11.3 Å². The predicted octanol–water partition coefficient (Wildman–Crippen LogP) is 1.81. The maximum Gasteiger partial charge on any atom is 0.335 e. The van der Waals surface area contributed by atoms with E-state index in [2.05, 4.69) is 0 Å². The van der Waals surface area contributed by atoms with Gasteiger partial charge in [-0.1, -0.05) is 12.1 Å². The fourth-order valence-corrected chi connectivity index (χ4v) is 2.60. The Morgan fingerprint density at radius 2 is 1.83 bits per heavy atom. The van der Waals surface area contributed by atoms with Crippen LogP contribution in [-0.2, 0) is 13.5 Å². The average molecular weight is 311 g/mol. The van der Waals surface area contributed by atoms with Crippen LogP contribution in [0, 0.1) is 0 Å². The lowest BCUT2D eigenvalue weighted by atomic mass is 10.1. The monoisotopic (exact) mass is 311 g/mol. The van der Waals surface area contributed by atoms with Gasteiger partial charge in [0.1, 0.15) is 5.75 Å². The molecule has 1 heterocycles. The van der Waals surface area contributed by atoms with E-state index in [9.17, 15) is 9.59 Å². The molecule has 3 rings (SSSR count). The minimum atomic E-state index is -0.371. The van der Waals surface area contributed by atoms with Crippen molar-refractivity contribution in [3.63, 3.8) is 0 Å². The molecule has 0 saturated carbocycles. The number of anilines is 1. The summed E-state index contributed by atoms with van der Waals surface area (Å²) >= 11 is 0. The molecular weight excluding hydrogens is 294 g/mol. The molecular formula is C17H17N3O3. The van der Waals surface area contributed by atoms with Gasteiger partial charge in [0.25, 0.3) is 0 Å². The van der Waals surface area contributed by atoms with Crippen LogP contribution < -0.4 is 16.2 Å². The molecule has 0 aliphatic rings. The Morgan fingerprint density at radius 3 is 2.48 bits per heavy atom.